The van der Waals surface area contributed by atoms with Crippen LogP contribution in [0.3, 0.4) is 0 Å². The molecule has 18 heavy (non-hydrogen) atoms. The Kier molecular flexibility index (Phi) is 2.59. The van der Waals surface area contributed by atoms with Gasteiger partial charge in [0.1, 0.15) is 0 Å². The summed E-state index contributed by atoms with van der Waals surface area (Å²) in [4.78, 5) is 4.19. The van der Waals surface area contributed by atoms with E-state index in [2.05, 4.69) is 26.0 Å². The SMILES string of the molecule is Fc1ccc(-c2cccn3nc(Br)nc23)cc1F. The van der Waals surface area contributed by atoms with Crippen molar-refractivity contribution in [2.75, 3.05) is 0 Å². The van der Waals surface area contributed by atoms with Crippen molar-refractivity contribution in [1.29, 1.82) is 0 Å². The zero-order valence-electron chi connectivity index (χ0n) is 8.94. The zero-order valence-corrected chi connectivity index (χ0v) is 10.5. The molecule has 0 N–H and O–H groups in total. The first kappa shape index (κ1) is 11.3. The lowest BCUT2D eigenvalue weighted by molar-refractivity contribution is 0.509. The van der Waals surface area contributed by atoms with Gasteiger partial charge >= 0.3 is 0 Å². The van der Waals surface area contributed by atoms with Crippen molar-refractivity contribution in [3.63, 3.8) is 0 Å². The van der Waals surface area contributed by atoms with Gasteiger partial charge in [-0.15, -0.1) is 5.10 Å². The average Bonchev–Trinajstić information content (AvgIpc) is 2.72. The number of hydrogen-bond donors (Lipinski definition) is 0. The molecule has 3 aromatic rings. The largest absolute Gasteiger partial charge is 0.219 e. The van der Waals surface area contributed by atoms with Crippen molar-refractivity contribution in [2.45, 2.75) is 0 Å². The topological polar surface area (TPSA) is 30.2 Å². The van der Waals surface area contributed by atoms with Crippen LogP contribution in [0.2, 0.25) is 0 Å². The van der Waals surface area contributed by atoms with Gasteiger partial charge in [-0.3, -0.25) is 0 Å². The van der Waals surface area contributed by atoms with Crippen molar-refractivity contribution in [1.82, 2.24) is 14.6 Å². The Bertz CT molecular complexity index is 739. The predicted molar refractivity (Wildman–Crippen MR) is 66.0 cm³/mol. The molecule has 0 aliphatic rings. The Labute approximate surface area is 109 Å². The van der Waals surface area contributed by atoms with Crippen LogP contribution >= 0.6 is 15.9 Å². The normalized spacial score (nSPS) is 11.1. The molecule has 3 nitrogen and oxygen atoms in total. The highest BCUT2D eigenvalue weighted by atomic mass is 79.9. The second kappa shape index (κ2) is 4.13. The van der Waals surface area contributed by atoms with Gasteiger partial charge in [0.05, 0.1) is 0 Å². The molecule has 0 saturated carbocycles. The van der Waals surface area contributed by atoms with Crippen molar-refractivity contribution in [3.05, 3.63) is 52.9 Å². The van der Waals surface area contributed by atoms with Crippen LogP contribution in [-0.4, -0.2) is 14.6 Å². The maximum Gasteiger partial charge on any atom is 0.218 e. The van der Waals surface area contributed by atoms with Crippen molar-refractivity contribution in [3.8, 4) is 11.1 Å². The maximum absolute atomic E-state index is 13.2. The van der Waals surface area contributed by atoms with Crippen LogP contribution in [0.15, 0.2) is 41.3 Å². The molecule has 0 aliphatic heterocycles. The predicted octanol–water partition coefficient (Wildman–Crippen LogP) is 3.44. The molecule has 2 aromatic heterocycles. The first-order valence-electron chi connectivity index (χ1n) is 5.11. The van der Waals surface area contributed by atoms with E-state index in [9.17, 15) is 8.78 Å². The summed E-state index contributed by atoms with van der Waals surface area (Å²) in [7, 11) is 0. The third kappa shape index (κ3) is 1.78. The Morgan fingerprint density at radius 2 is 1.94 bits per heavy atom. The van der Waals surface area contributed by atoms with E-state index in [0.29, 0.717) is 21.5 Å². The average molecular weight is 310 g/mol. The van der Waals surface area contributed by atoms with Crippen LogP contribution in [0, 0.1) is 11.6 Å². The van der Waals surface area contributed by atoms with E-state index < -0.39 is 11.6 Å². The van der Waals surface area contributed by atoms with Gasteiger partial charge in [0.25, 0.3) is 0 Å². The number of rotatable bonds is 1. The van der Waals surface area contributed by atoms with Crippen LogP contribution in [-0.2, 0) is 0 Å². The van der Waals surface area contributed by atoms with Crippen molar-refractivity contribution < 1.29 is 8.78 Å². The van der Waals surface area contributed by atoms with Crippen LogP contribution < -0.4 is 0 Å². The molecule has 6 heteroatoms. The lowest BCUT2D eigenvalue weighted by Gasteiger charge is -2.03. The van der Waals surface area contributed by atoms with Gasteiger partial charge in [0, 0.05) is 11.8 Å². The van der Waals surface area contributed by atoms with Gasteiger partial charge in [-0.25, -0.2) is 18.3 Å². The molecule has 0 saturated heterocycles. The van der Waals surface area contributed by atoms with Crippen molar-refractivity contribution >= 4 is 21.6 Å². The summed E-state index contributed by atoms with van der Waals surface area (Å²) in [5.74, 6) is -1.75. The van der Waals surface area contributed by atoms with E-state index in [4.69, 9.17) is 0 Å². The molecule has 0 fully saturated rings. The molecule has 0 bridgehead atoms. The fraction of sp³-hybridized carbons (Fsp3) is 0. The van der Waals surface area contributed by atoms with Gasteiger partial charge < -0.3 is 0 Å². The third-order valence-corrected chi connectivity index (χ3v) is 2.90. The lowest BCUT2D eigenvalue weighted by atomic mass is 10.1. The van der Waals surface area contributed by atoms with E-state index in [-0.39, 0.29) is 0 Å². The second-order valence-electron chi connectivity index (χ2n) is 3.70. The van der Waals surface area contributed by atoms with Gasteiger partial charge in [0.15, 0.2) is 17.3 Å². The standard InChI is InChI=1S/C12H6BrF2N3/c13-12-16-11-8(2-1-5-18(11)17-12)7-3-4-9(14)10(15)6-7/h1-6H. The molecule has 0 spiro atoms. The molecule has 1 aromatic carbocycles. The highest BCUT2D eigenvalue weighted by molar-refractivity contribution is 9.10. The molecule has 0 amide bonds. The number of nitrogens with zero attached hydrogens (tertiary/aromatic N) is 3. The lowest BCUT2D eigenvalue weighted by Crippen LogP contribution is -1.91. The molecular weight excluding hydrogens is 304 g/mol. The summed E-state index contributed by atoms with van der Waals surface area (Å²) in [6.45, 7) is 0. The van der Waals surface area contributed by atoms with Crippen molar-refractivity contribution in [2.24, 2.45) is 0 Å². The van der Waals surface area contributed by atoms with Crippen LogP contribution in [0.4, 0.5) is 8.78 Å². The molecular formula is C12H6BrF2N3. The van der Waals surface area contributed by atoms with E-state index >= 15 is 0 Å². The van der Waals surface area contributed by atoms with Gasteiger partial charge in [-0.1, -0.05) is 6.07 Å². The number of fused-ring (bicyclic) bond motifs is 1. The minimum atomic E-state index is -0.881. The Balaban J connectivity index is 2.27. The molecule has 2 heterocycles. The first-order chi connectivity index (χ1) is 8.65. The van der Waals surface area contributed by atoms with Gasteiger partial charge in [-0.2, -0.15) is 0 Å². The fourth-order valence-corrected chi connectivity index (χ4v) is 2.11. The van der Waals surface area contributed by atoms with E-state index in [1.54, 1.807) is 22.8 Å². The van der Waals surface area contributed by atoms with Gasteiger partial charge in [-0.05, 0) is 45.8 Å². The number of benzene rings is 1. The monoisotopic (exact) mass is 309 g/mol. The molecule has 0 atom stereocenters. The number of aromatic nitrogens is 3. The van der Waals surface area contributed by atoms with Crippen LogP contribution in [0.1, 0.15) is 0 Å². The number of halogens is 3. The Morgan fingerprint density at radius 3 is 2.72 bits per heavy atom. The third-order valence-electron chi connectivity index (χ3n) is 2.57. The van der Waals surface area contributed by atoms with Gasteiger partial charge in [0.2, 0.25) is 4.73 Å². The summed E-state index contributed by atoms with van der Waals surface area (Å²) in [5, 5.41) is 4.09. The second-order valence-corrected chi connectivity index (χ2v) is 4.41. The van der Waals surface area contributed by atoms with E-state index in [1.165, 1.54) is 6.07 Å². The molecule has 3 rings (SSSR count). The summed E-state index contributed by atoms with van der Waals surface area (Å²) in [6, 6.07) is 7.30. The summed E-state index contributed by atoms with van der Waals surface area (Å²) in [5.41, 5.74) is 1.82. The highest BCUT2D eigenvalue weighted by Gasteiger charge is 2.10. The zero-order chi connectivity index (χ0) is 12.7. The summed E-state index contributed by atoms with van der Waals surface area (Å²) in [6.07, 6.45) is 1.73. The van der Waals surface area contributed by atoms with E-state index in [0.717, 1.165) is 12.1 Å². The first-order valence-corrected chi connectivity index (χ1v) is 5.91. The van der Waals surface area contributed by atoms with Crippen LogP contribution in [0.25, 0.3) is 16.8 Å². The molecule has 0 unspecified atom stereocenters. The fourth-order valence-electron chi connectivity index (χ4n) is 1.77. The van der Waals surface area contributed by atoms with Crippen LogP contribution in [0.5, 0.6) is 0 Å². The maximum atomic E-state index is 13.2. The Morgan fingerprint density at radius 1 is 1.11 bits per heavy atom. The Hall–Kier alpha value is -1.82. The minimum Gasteiger partial charge on any atom is -0.219 e. The minimum absolute atomic E-state index is 0.442. The molecule has 0 aliphatic carbocycles. The number of hydrogen-bond acceptors (Lipinski definition) is 2. The van der Waals surface area contributed by atoms with E-state index in [1.807, 2.05) is 0 Å². The quantitative estimate of drug-likeness (QED) is 0.689. The molecule has 0 radical (unpaired) electrons. The smallest absolute Gasteiger partial charge is 0.218 e. The summed E-state index contributed by atoms with van der Waals surface area (Å²) < 4.78 is 28.2. The highest BCUT2D eigenvalue weighted by Crippen LogP contribution is 2.25. The number of pyridine rings is 1. The summed E-state index contributed by atoms with van der Waals surface area (Å²) >= 11 is 3.18. The molecule has 90 valence electrons.